The van der Waals surface area contributed by atoms with Crippen LogP contribution in [-0.2, 0) is 10.8 Å². The number of hydrogen-bond donors (Lipinski definition) is 0. The van der Waals surface area contributed by atoms with Gasteiger partial charge < -0.3 is 8.83 Å². The second-order valence-electron chi connectivity index (χ2n) is 18.3. The number of fused-ring (bicyclic) bond motifs is 14. The van der Waals surface area contributed by atoms with E-state index >= 15 is 0 Å². The summed E-state index contributed by atoms with van der Waals surface area (Å²) in [7, 11) is 0. The van der Waals surface area contributed by atoms with Gasteiger partial charge in [0.05, 0.1) is 0 Å². The van der Waals surface area contributed by atoms with E-state index < -0.39 is 0 Å². The van der Waals surface area contributed by atoms with E-state index in [0.717, 1.165) is 33.5 Å². The molecular formula is C58H38O2. The predicted octanol–water partition coefficient (Wildman–Crippen LogP) is 16.3. The maximum absolute atomic E-state index is 6.70. The second-order valence-corrected chi connectivity index (χ2v) is 18.3. The molecule has 0 N–H and O–H groups in total. The van der Waals surface area contributed by atoms with E-state index in [1.807, 2.05) is 0 Å². The summed E-state index contributed by atoms with van der Waals surface area (Å²) in [5, 5.41) is 12.4. The maximum atomic E-state index is 6.70. The standard InChI is InChI=1S/C58H38O2/c1-57(2)43-11-7-5-9-39(43)53-45(57)25-27-47-55(53)41-23-17-33(29-49(41)59-47)35-19-13-31-16-22-38-36(20-14-32-15-21-37(35)51(31)52(32)38)34-18-24-42-50(30-34)60-48-28-26-46-54(56(42)48)40-10-6-8-12-44(40)58(46,3)4/h5-30H,1-4H3. The van der Waals surface area contributed by atoms with Crippen LogP contribution in [0.3, 0.4) is 0 Å². The molecule has 60 heavy (non-hydrogen) atoms. The van der Waals surface area contributed by atoms with Crippen LogP contribution in [0.15, 0.2) is 167 Å². The van der Waals surface area contributed by atoms with Crippen LogP contribution < -0.4 is 0 Å². The molecule has 2 aliphatic rings. The molecule has 0 spiro atoms. The quantitative estimate of drug-likeness (QED) is 0.164. The molecule has 10 aromatic carbocycles. The molecule has 2 aromatic heterocycles. The molecule has 2 heteroatoms. The van der Waals surface area contributed by atoms with E-state index in [2.05, 4.69) is 185 Å². The fraction of sp³-hybridized carbons (Fsp3) is 0.103. The summed E-state index contributed by atoms with van der Waals surface area (Å²) in [4.78, 5) is 0. The van der Waals surface area contributed by atoms with E-state index in [1.54, 1.807) is 0 Å². The van der Waals surface area contributed by atoms with Crippen molar-refractivity contribution in [2.75, 3.05) is 0 Å². The molecule has 0 atom stereocenters. The van der Waals surface area contributed by atoms with Gasteiger partial charge in [-0.15, -0.1) is 0 Å². The molecular weight excluding hydrogens is 729 g/mol. The lowest BCUT2D eigenvalue weighted by molar-refractivity contribution is 0.656. The molecule has 12 aromatic rings. The van der Waals surface area contributed by atoms with Gasteiger partial charge in [0.25, 0.3) is 0 Å². The summed E-state index contributed by atoms with van der Waals surface area (Å²) in [6, 6.07) is 58.6. The van der Waals surface area contributed by atoms with Gasteiger partial charge in [-0.1, -0.05) is 149 Å². The van der Waals surface area contributed by atoms with Gasteiger partial charge in [-0.05, 0) is 135 Å². The lowest BCUT2D eigenvalue weighted by Crippen LogP contribution is -2.14. The Kier molecular flexibility index (Phi) is 5.95. The van der Waals surface area contributed by atoms with Crippen molar-refractivity contribution >= 4 is 76.2 Å². The predicted molar refractivity (Wildman–Crippen MR) is 251 cm³/mol. The van der Waals surface area contributed by atoms with Crippen LogP contribution in [0.2, 0.25) is 0 Å². The molecule has 0 amide bonds. The first-order valence-electron chi connectivity index (χ1n) is 21.2. The van der Waals surface area contributed by atoms with Crippen molar-refractivity contribution in [2.24, 2.45) is 0 Å². The summed E-state index contributed by atoms with van der Waals surface area (Å²) >= 11 is 0. The zero-order valence-corrected chi connectivity index (χ0v) is 33.8. The molecule has 0 radical (unpaired) electrons. The van der Waals surface area contributed by atoms with Gasteiger partial charge in [-0.2, -0.15) is 0 Å². The molecule has 0 unspecified atom stereocenters. The molecule has 2 aliphatic carbocycles. The van der Waals surface area contributed by atoms with Crippen molar-refractivity contribution < 1.29 is 8.83 Å². The first-order valence-corrected chi connectivity index (χ1v) is 21.2. The molecule has 0 saturated heterocycles. The SMILES string of the molecule is CC1(C)c2ccccc2-c2c1ccc1oc3cc(-c4ccc5ccc6c(-c7ccc8c(c7)oc7ccc9c(c78)-c7ccccc7C9(C)C)ccc7ccc4c5c76)ccc3c21. The lowest BCUT2D eigenvalue weighted by atomic mass is 9.82. The van der Waals surface area contributed by atoms with Crippen LogP contribution in [0.5, 0.6) is 0 Å². The number of furan rings is 2. The van der Waals surface area contributed by atoms with Gasteiger partial charge in [0.1, 0.15) is 22.3 Å². The highest BCUT2D eigenvalue weighted by molar-refractivity contribution is 6.28. The Hall–Kier alpha value is -7.16. The maximum Gasteiger partial charge on any atom is 0.136 e. The van der Waals surface area contributed by atoms with Gasteiger partial charge in [0.2, 0.25) is 0 Å². The largest absolute Gasteiger partial charge is 0.456 e. The first-order chi connectivity index (χ1) is 29.3. The normalized spacial score (nSPS) is 14.9. The van der Waals surface area contributed by atoms with Gasteiger partial charge in [-0.3, -0.25) is 0 Å². The van der Waals surface area contributed by atoms with Crippen molar-refractivity contribution in [1.82, 2.24) is 0 Å². The Morgan fingerprint density at radius 2 is 0.733 bits per heavy atom. The summed E-state index contributed by atoms with van der Waals surface area (Å²) in [5.74, 6) is 0. The van der Waals surface area contributed by atoms with Crippen LogP contribution in [-0.4, -0.2) is 0 Å². The minimum Gasteiger partial charge on any atom is -0.456 e. The summed E-state index contributed by atoms with van der Waals surface area (Å²) in [6.07, 6.45) is 0. The van der Waals surface area contributed by atoms with Crippen molar-refractivity contribution in [3.8, 4) is 44.5 Å². The van der Waals surface area contributed by atoms with Crippen LogP contribution in [0.25, 0.3) is 121 Å². The van der Waals surface area contributed by atoms with Gasteiger partial charge >= 0.3 is 0 Å². The molecule has 2 heterocycles. The van der Waals surface area contributed by atoms with Crippen molar-refractivity contribution in [3.63, 3.8) is 0 Å². The molecule has 0 saturated carbocycles. The minimum absolute atomic E-state index is 0.0589. The van der Waals surface area contributed by atoms with Crippen LogP contribution >= 0.6 is 0 Å². The number of rotatable bonds is 2. The van der Waals surface area contributed by atoms with E-state index in [1.165, 1.54) is 109 Å². The lowest BCUT2D eigenvalue weighted by Gasteiger charge is -2.21. The Morgan fingerprint density at radius 3 is 1.20 bits per heavy atom. The van der Waals surface area contributed by atoms with Crippen LogP contribution in [0.1, 0.15) is 49.9 Å². The Balaban J connectivity index is 0.927. The van der Waals surface area contributed by atoms with Crippen LogP contribution in [0, 0.1) is 0 Å². The topological polar surface area (TPSA) is 26.3 Å². The molecule has 14 rings (SSSR count). The summed E-state index contributed by atoms with van der Waals surface area (Å²) in [6.45, 7) is 9.35. The summed E-state index contributed by atoms with van der Waals surface area (Å²) in [5.41, 5.74) is 19.1. The Morgan fingerprint density at radius 1 is 0.317 bits per heavy atom. The number of hydrogen-bond acceptors (Lipinski definition) is 2. The zero-order valence-electron chi connectivity index (χ0n) is 33.8. The molecule has 282 valence electrons. The molecule has 0 fully saturated rings. The average molecular weight is 767 g/mol. The van der Waals surface area contributed by atoms with Gasteiger partial charge in [-0.25, -0.2) is 0 Å². The van der Waals surface area contributed by atoms with Crippen LogP contribution in [0.4, 0.5) is 0 Å². The first kappa shape index (κ1) is 32.8. The Bertz CT molecular complexity index is 3630. The van der Waals surface area contributed by atoms with Crippen molar-refractivity contribution in [1.29, 1.82) is 0 Å². The smallest absolute Gasteiger partial charge is 0.136 e. The highest BCUT2D eigenvalue weighted by Crippen LogP contribution is 2.55. The third-order valence-electron chi connectivity index (χ3n) is 14.6. The highest BCUT2D eigenvalue weighted by atomic mass is 16.3. The van der Waals surface area contributed by atoms with E-state index in [-0.39, 0.29) is 10.8 Å². The zero-order chi connectivity index (χ0) is 39.8. The highest BCUT2D eigenvalue weighted by Gasteiger charge is 2.38. The fourth-order valence-electron chi connectivity index (χ4n) is 11.8. The van der Waals surface area contributed by atoms with E-state index in [4.69, 9.17) is 8.83 Å². The van der Waals surface area contributed by atoms with Gasteiger partial charge in [0, 0.05) is 32.4 Å². The number of benzene rings is 10. The third-order valence-corrected chi connectivity index (χ3v) is 14.6. The monoisotopic (exact) mass is 766 g/mol. The van der Waals surface area contributed by atoms with E-state index in [9.17, 15) is 0 Å². The fourth-order valence-corrected chi connectivity index (χ4v) is 11.8. The Labute approximate surface area is 346 Å². The van der Waals surface area contributed by atoms with E-state index in [0.29, 0.717) is 0 Å². The van der Waals surface area contributed by atoms with Crippen molar-refractivity contribution in [2.45, 2.75) is 38.5 Å². The molecule has 0 bridgehead atoms. The molecule has 0 aliphatic heterocycles. The summed E-state index contributed by atoms with van der Waals surface area (Å²) < 4.78 is 13.4. The average Bonchev–Trinajstić information content (AvgIpc) is 3.97. The second kappa shape index (κ2) is 10.9. The molecule has 2 nitrogen and oxygen atoms in total. The minimum atomic E-state index is -0.0589. The van der Waals surface area contributed by atoms with Gasteiger partial charge in [0.15, 0.2) is 0 Å². The third kappa shape index (κ3) is 3.95. The van der Waals surface area contributed by atoms with Crippen molar-refractivity contribution in [3.05, 3.63) is 180 Å².